The fourth-order valence-electron chi connectivity index (χ4n) is 5.89. The molecule has 1 heterocycles. The van der Waals surface area contributed by atoms with Gasteiger partial charge in [0.05, 0.1) is 39.4 Å². The summed E-state index contributed by atoms with van der Waals surface area (Å²) in [7, 11) is 0. The van der Waals surface area contributed by atoms with E-state index in [9.17, 15) is 4.79 Å². The summed E-state index contributed by atoms with van der Waals surface area (Å²) < 4.78 is 1.79. The van der Waals surface area contributed by atoms with Gasteiger partial charge in [0, 0.05) is 24.0 Å². The molecule has 0 aliphatic carbocycles. The highest BCUT2D eigenvalue weighted by Gasteiger charge is 2.27. The average molecular weight is 645 g/mol. The number of carbonyl (C=O) groups is 1. The number of halogens is 3. The van der Waals surface area contributed by atoms with Crippen molar-refractivity contribution in [1.29, 1.82) is 0 Å². The quantitative estimate of drug-likeness (QED) is 0.111. The summed E-state index contributed by atoms with van der Waals surface area (Å²) >= 11 is 21.1. The van der Waals surface area contributed by atoms with Crippen LogP contribution in [0.5, 0.6) is 0 Å². The van der Waals surface area contributed by atoms with Crippen LogP contribution >= 0.6 is 46.1 Å². The number of quaternary nitrogens is 1. The van der Waals surface area contributed by atoms with Crippen LogP contribution in [0.25, 0.3) is 10.1 Å². The molecular formula is C35H42Cl3N2OS+. The maximum atomic E-state index is 14.1. The average Bonchev–Trinajstić information content (AvgIpc) is 3.31. The van der Waals surface area contributed by atoms with Crippen LogP contribution < -0.4 is 0 Å². The summed E-state index contributed by atoms with van der Waals surface area (Å²) in [6.07, 6.45) is 1.94. The molecule has 4 rings (SSSR count). The first kappa shape index (κ1) is 32.8. The molecule has 0 saturated heterocycles. The van der Waals surface area contributed by atoms with E-state index < -0.39 is 0 Å². The number of thiophene rings is 1. The first-order valence-corrected chi connectivity index (χ1v) is 16.8. The molecule has 224 valence electrons. The van der Waals surface area contributed by atoms with Crippen molar-refractivity contribution in [2.75, 3.05) is 26.2 Å². The Bertz CT molecular complexity index is 1550. The standard InChI is InChI=1S/C35H42Cl3N2OS/c1-7-40(8-2,22-28-18-23(3)17-24(4)19-28)16-10-9-15-39(21-27-12-11-25(5)26(6)20-27)35(41)34-32(38)31-29(36)13-14-30(37)33(31)42-34/h11-14,17-20H,7-10,15-16,21-22H2,1-6H3/q+1. The predicted octanol–water partition coefficient (Wildman–Crippen LogP) is 10.6. The Morgan fingerprint density at radius 2 is 1.48 bits per heavy atom. The van der Waals surface area contributed by atoms with Crippen molar-refractivity contribution >= 4 is 62.1 Å². The number of benzene rings is 3. The molecule has 0 aliphatic rings. The third kappa shape index (κ3) is 7.52. The second-order valence-corrected chi connectivity index (χ2v) is 13.9. The van der Waals surface area contributed by atoms with E-state index in [0.29, 0.717) is 38.4 Å². The molecule has 0 spiro atoms. The highest BCUT2D eigenvalue weighted by Crippen LogP contribution is 2.43. The molecule has 0 aliphatic heterocycles. The van der Waals surface area contributed by atoms with Crippen LogP contribution in [0.15, 0.2) is 48.5 Å². The van der Waals surface area contributed by atoms with Crippen LogP contribution in [0.1, 0.15) is 69.7 Å². The highest BCUT2D eigenvalue weighted by atomic mass is 35.5. The van der Waals surface area contributed by atoms with Gasteiger partial charge in [-0.25, -0.2) is 0 Å². The van der Waals surface area contributed by atoms with Gasteiger partial charge in [-0.1, -0.05) is 82.3 Å². The fourth-order valence-corrected chi connectivity index (χ4v) is 8.06. The summed E-state index contributed by atoms with van der Waals surface area (Å²) in [5, 5.41) is 2.11. The van der Waals surface area contributed by atoms with Crippen molar-refractivity contribution in [3.63, 3.8) is 0 Å². The SMILES string of the molecule is CC[N+](CC)(CCCCN(Cc1ccc(C)c(C)c1)C(=O)c1sc2c(Cl)ccc(Cl)c2c1Cl)Cc1cc(C)cc(C)c1. The molecule has 4 aromatic rings. The Labute approximate surface area is 270 Å². The van der Waals surface area contributed by atoms with E-state index in [1.54, 1.807) is 12.1 Å². The largest absolute Gasteiger partial charge is 0.334 e. The number of hydrogen-bond donors (Lipinski definition) is 0. The summed E-state index contributed by atoms with van der Waals surface area (Å²) in [4.78, 5) is 16.5. The number of amides is 1. The number of aryl methyl sites for hydroxylation is 4. The van der Waals surface area contributed by atoms with Crippen LogP contribution in [0.2, 0.25) is 15.1 Å². The Hall–Kier alpha value is -2.08. The summed E-state index contributed by atoms with van der Waals surface area (Å²) in [6, 6.07) is 16.8. The van der Waals surface area contributed by atoms with Crippen molar-refractivity contribution in [2.45, 2.75) is 67.5 Å². The zero-order valence-corrected chi connectivity index (χ0v) is 28.7. The minimum absolute atomic E-state index is 0.0754. The molecule has 3 aromatic carbocycles. The summed E-state index contributed by atoms with van der Waals surface area (Å²) in [5.74, 6) is -0.0754. The van der Waals surface area contributed by atoms with Crippen LogP contribution in [-0.2, 0) is 13.1 Å². The zero-order chi connectivity index (χ0) is 30.6. The van der Waals surface area contributed by atoms with Crippen molar-refractivity contribution in [1.82, 2.24) is 4.90 Å². The molecule has 0 saturated carbocycles. The maximum absolute atomic E-state index is 14.1. The van der Waals surface area contributed by atoms with Crippen LogP contribution in [0.3, 0.4) is 0 Å². The van der Waals surface area contributed by atoms with Gasteiger partial charge in [0.15, 0.2) is 0 Å². The smallest absolute Gasteiger partial charge is 0.265 e. The lowest BCUT2D eigenvalue weighted by Crippen LogP contribution is -2.47. The highest BCUT2D eigenvalue weighted by molar-refractivity contribution is 7.22. The second-order valence-electron chi connectivity index (χ2n) is 11.7. The van der Waals surface area contributed by atoms with Crippen molar-refractivity contribution in [2.24, 2.45) is 0 Å². The first-order chi connectivity index (χ1) is 20.0. The molecule has 7 heteroatoms. The third-order valence-corrected chi connectivity index (χ3v) is 11.0. The minimum atomic E-state index is -0.0754. The molecule has 1 amide bonds. The van der Waals surface area contributed by atoms with Gasteiger partial charge < -0.3 is 9.38 Å². The molecule has 1 aromatic heterocycles. The summed E-state index contributed by atoms with van der Waals surface area (Å²) in [6.45, 7) is 18.6. The molecule has 0 fully saturated rings. The topological polar surface area (TPSA) is 20.3 Å². The number of hydrogen-bond acceptors (Lipinski definition) is 2. The van der Waals surface area contributed by atoms with Crippen LogP contribution in [-0.4, -0.2) is 41.5 Å². The van der Waals surface area contributed by atoms with Crippen molar-refractivity contribution in [3.05, 3.63) is 102 Å². The lowest BCUT2D eigenvalue weighted by Gasteiger charge is -2.37. The Morgan fingerprint density at radius 1 is 0.810 bits per heavy atom. The molecule has 0 unspecified atom stereocenters. The van der Waals surface area contributed by atoms with E-state index in [2.05, 4.69) is 77.9 Å². The lowest BCUT2D eigenvalue weighted by atomic mass is 10.1. The van der Waals surface area contributed by atoms with E-state index in [-0.39, 0.29) is 5.91 Å². The van der Waals surface area contributed by atoms with Gasteiger partial charge in [0.25, 0.3) is 5.91 Å². The molecule has 0 radical (unpaired) electrons. The molecule has 3 nitrogen and oxygen atoms in total. The zero-order valence-electron chi connectivity index (χ0n) is 25.6. The normalized spacial score (nSPS) is 11.8. The number of nitrogens with zero attached hydrogens (tertiary/aromatic N) is 2. The van der Waals surface area contributed by atoms with Gasteiger partial charge in [0.1, 0.15) is 11.4 Å². The van der Waals surface area contributed by atoms with E-state index >= 15 is 0 Å². The van der Waals surface area contributed by atoms with Gasteiger partial charge in [-0.3, -0.25) is 4.79 Å². The second kappa shape index (κ2) is 14.1. The molecule has 0 bridgehead atoms. The Balaban J connectivity index is 1.55. The number of rotatable bonds is 12. The molecular weight excluding hydrogens is 603 g/mol. The summed E-state index contributed by atoms with van der Waals surface area (Å²) in [5.41, 5.74) is 7.61. The van der Waals surface area contributed by atoms with E-state index in [0.717, 1.165) is 53.8 Å². The number of carbonyl (C=O) groups excluding carboxylic acids is 1. The lowest BCUT2D eigenvalue weighted by molar-refractivity contribution is -0.938. The Morgan fingerprint density at radius 3 is 2.10 bits per heavy atom. The molecule has 42 heavy (non-hydrogen) atoms. The predicted molar refractivity (Wildman–Crippen MR) is 183 cm³/mol. The monoisotopic (exact) mass is 643 g/mol. The van der Waals surface area contributed by atoms with Crippen molar-refractivity contribution in [3.8, 4) is 0 Å². The van der Waals surface area contributed by atoms with Gasteiger partial charge in [-0.05, 0) is 83.2 Å². The third-order valence-electron chi connectivity index (χ3n) is 8.56. The molecule has 0 N–H and O–H groups in total. The van der Waals surface area contributed by atoms with Gasteiger partial charge >= 0.3 is 0 Å². The fraction of sp³-hybridized carbons (Fsp3) is 0.400. The van der Waals surface area contributed by atoms with Gasteiger partial charge in [-0.2, -0.15) is 0 Å². The first-order valence-electron chi connectivity index (χ1n) is 14.8. The van der Waals surface area contributed by atoms with E-state index in [1.165, 1.54) is 39.2 Å². The van der Waals surface area contributed by atoms with Crippen LogP contribution in [0, 0.1) is 27.7 Å². The number of unbranched alkanes of at least 4 members (excludes halogenated alkanes) is 1. The molecule has 0 atom stereocenters. The van der Waals surface area contributed by atoms with Gasteiger partial charge in [-0.15, -0.1) is 11.3 Å². The van der Waals surface area contributed by atoms with E-state index in [4.69, 9.17) is 34.8 Å². The maximum Gasteiger partial charge on any atom is 0.265 e. The minimum Gasteiger partial charge on any atom is -0.334 e. The van der Waals surface area contributed by atoms with Gasteiger partial charge in [0.2, 0.25) is 0 Å². The van der Waals surface area contributed by atoms with E-state index in [1.807, 2.05) is 4.90 Å². The van der Waals surface area contributed by atoms with Crippen LogP contribution in [0.4, 0.5) is 0 Å². The Kier molecular flexibility index (Phi) is 11.0. The van der Waals surface area contributed by atoms with Crippen molar-refractivity contribution < 1.29 is 9.28 Å². The number of fused-ring (bicyclic) bond motifs is 1.